The second kappa shape index (κ2) is 30.2. The SMILES string of the molecule is CC(C)[C@H](NC(=O)[C@H](CCC(=O)O)NC(=O)[C@@H](NC(=O)[C@H](C)NC(=O)[C@@H]1CCCN1)[C@@H](C)O)C(=O)N[C@@H](CC(=O)O)C(=O)N1CCC[C@H]1C(=O)N[C@H](C(=O)N[C@@H](Cc1cnc[nH]1)C(=O)N[C@@H](Cc1ccccc1)C(=O)O)[C@@H](C)O. The van der Waals surface area contributed by atoms with Crippen molar-refractivity contribution in [2.45, 2.75) is 165 Å². The maximum absolute atomic E-state index is 14.2. The second-order valence-electron chi connectivity index (χ2n) is 19.8. The molecule has 9 amide bonds. The van der Waals surface area contributed by atoms with Gasteiger partial charge in [-0.2, -0.15) is 0 Å². The topological polar surface area (TPSA) is 446 Å². The molecule has 0 saturated carbocycles. The average molecular weight is 1110 g/mol. The van der Waals surface area contributed by atoms with Gasteiger partial charge in [-0.15, -0.1) is 0 Å². The number of aliphatic hydroxyl groups is 2. The summed E-state index contributed by atoms with van der Waals surface area (Å²) in [5.41, 5.74) is 0.938. The number of aromatic nitrogens is 2. The number of carboxylic acid groups (broad SMARTS) is 3. The Kier molecular flexibility index (Phi) is 24.3. The summed E-state index contributed by atoms with van der Waals surface area (Å²) in [5, 5.41) is 72.7. The summed E-state index contributed by atoms with van der Waals surface area (Å²) in [6.45, 7) is 7.03. The van der Waals surface area contributed by atoms with E-state index in [0.717, 1.165) is 25.2 Å². The van der Waals surface area contributed by atoms with Crippen LogP contribution >= 0.6 is 0 Å². The highest BCUT2D eigenvalue weighted by Crippen LogP contribution is 2.21. The molecule has 0 bridgehead atoms. The van der Waals surface area contributed by atoms with Crippen molar-refractivity contribution in [3.8, 4) is 0 Å². The summed E-state index contributed by atoms with van der Waals surface area (Å²) in [6, 6.07) is -6.32. The molecule has 2 aromatic rings. The van der Waals surface area contributed by atoms with Gasteiger partial charge in [-0.05, 0) is 70.9 Å². The highest BCUT2D eigenvalue weighted by Gasteiger charge is 2.42. The molecule has 29 nitrogen and oxygen atoms in total. The van der Waals surface area contributed by atoms with Crippen LogP contribution in [0.2, 0.25) is 0 Å². The van der Waals surface area contributed by atoms with Crippen LogP contribution in [0.1, 0.15) is 90.8 Å². The number of nitrogens with one attached hydrogen (secondary N) is 10. The molecule has 79 heavy (non-hydrogen) atoms. The van der Waals surface area contributed by atoms with E-state index >= 15 is 0 Å². The smallest absolute Gasteiger partial charge is 0.326 e. The van der Waals surface area contributed by atoms with Crippen LogP contribution in [0.4, 0.5) is 0 Å². The zero-order chi connectivity index (χ0) is 58.7. The molecule has 15 N–H and O–H groups in total. The lowest BCUT2D eigenvalue weighted by atomic mass is 10.0. The monoisotopic (exact) mass is 1110 g/mol. The molecule has 434 valence electrons. The molecular weight excluding hydrogens is 1040 g/mol. The van der Waals surface area contributed by atoms with E-state index in [9.17, 15) is 83.1 Å². The molecular formula is C50H72N12O17. The molecule has 1 aromatic heterocycles. The van der Waals surface area contributed by atoms with E-state index in [1.807, 2.05) is 0 Å². The van der Waals surface area contributed by atoms with Gasteiger partial charge in [-0.3, -0.25) is 52.7 Å². The summed E-state index contributed by atoms with van der Waals surface area (Å²) >= 11 is 0. The number of aliphatic hydroxyl groups excluding tert-OH is 2. The Morgan fingerprint density at radius 2 is 1.20 bits per heavy atom. The number of carboxylic acids is 3. The fraction of sp³-hybridized carbons (Fsp3) is 0.580. The quantitative estimate of drug-likeness (QED) is 0.0352. The van der Waals surface area contributed by atoms with Crippen molar-refractivity contribution in [3.63, 3.8) is 0 Å². The number of amides is 9. The number of likely N-dealkylation sites (tertiary alicyclic amines) is 1. The van der Waals surface area contributed by atoms with Gasteiger partial charge in [0.15, 0.2) is 0 Å². The molecule has 3 heterocycles. The zero-order valence-corrected chi connectivity index (χ0v) is 44.4. The highest BCUT2D eigenvalue weighted by atomic mass is 16.4. The summed E-state index contributed by atoms with van der Waals surface area (Å²) in [4.78, 5) is 167. The third-order valence-electron chi connectivity index (χ3n) is 13.1. The summed E-state index contributed by atoms with van der Waals surface area (Å²) in [5.74, 6) is -14.0. The molecule has 0 spiro atoms. The van der Waals surface area contributed by atoms with Crippen molar-refractivity contribution in [1.82, 2.24) is 62.7 Å². The van der Waals surface area contributed by atoms with Crippen LogP contribution in [-0.2, 0) is 70.4 Å². The van der Waals surface area contributed by atoms with E-state index < -0.39 is 169 Å². The van der Waals surface area contributed by atoms with Gasteiger partial charge < -0.3 is 83.3 Å². The average Bonchev–Trinajstić information content (AvgIpc) is 4.24. The van der Waals surface area contributed by atoms with Gasteiger partial charge in [-0.1, -0.05) is 44.2 Å². The maximum atomic E-state index is 14.2. The number of nitrogens with zero attached hydrogens (tertiary/aromatic N) is 2. The fourth-order valence-corrected chi connectivity index (χ4v) is 8.76. The van der Waals surface area contributed by atoms with Gasteiger partial charge in [0.2, 0.25) is 53.2 Å². The van der Waals surface area contributed by atoms with Crippen LogP contribution < -0.4 is 47.9 Å². The summed E-state index contributed by atoms with van der Waals surface area (Å²) in [7, 11) is 0. The van der Waals surface area contributed by atoms with Crippen LogP contribution in [-0.4, -0.2) is 197 Å². The molecule has 2 fully saturated rings. The predicted octanol–water partition coefficient (Wildman–Crippen LogP) is -4.32. The predicted molar refractivity (Wildman–Crippen MR) is 274 cm³/mol. The lowest BCUT2D eigenvalue weighted by molar-refractivity contribution is -0.147. The van der Waals surface area contributed by atoms with Crippen LogP contribution in [0, 0.1) is 5.92 Å². The third-order valence-corrected chi connectivity index (χ3v) is 13.1. The summed E-state index contributed by atoms with van der Waals surface area (Å²) in [6.07, 6.45) is -1.80. The number of carbonyl (C=O) groups excluding carboxylic acids is 9. The first-order chi connectivity index (χ1) is 37.3. The van der Waals surface area contributed by atoms with Crippen LogP contribution in [0.3, 0.4) is 0 Å². The van der Waals surface area contributed by atoms with Crippen LogP contribution in [0.5, 0.6) is 0 Å². The first-order valence-electron chi connectivity index (χ1n) is 25.8. The number of benzene rings is 1. The Morgan fingerprint density at radius 1 is 0.620 bits per heavy atom. The van der Waals surface area contributed by atoms with E-state index in [0.29, 0.717) is 24.2 Å². The molecule has 2 saturated heterocycles. The second-order valence-corrected chi connectivity index (χ2v) is 19.8. The minimum absolute atomic E-state index is 0.0379. The van der Waals surface area contributed by atoms with Crippen molar-refractivity contribution in [3.05, 3.63) is 54.1 Å². The van der Waals surface area contributed by atoms with E-state index in [4.69, 9.17) is 0 Å². The fourth-order valence-electron chi connectivity index (χ4n) is 8.76. The molecule has 12 atom stereocenters. The number of aromatic amines is 1. The Balaban J connectivity index is 1.47. The van der Waals surface area contributed by atoms with Gasteiger partial charge >= 0.3 is 17.9 Å². The molecule has 0 unspecified atom stereocenters. The normalized spacial score (nSPS) is 18.8. The van der Waals surface area contributed by atoms with Crippen molar-refractivity contribution in [2.75, 3.05) is 13.1 Å². The first kappa shape index (κ1) is 63.5. The van der Waals surface area contributed by atoms with Crippen LogP contribution in [0.25, 0.3) is 0 Å². The zero-order valence-electron chi connectivity index (χ0n) is 44.4. The molecule has 4 rings (SSSR count). The molecule has 0 aliphatic carbocycles. The maximum Gasteiger partial charge on any atom is 0.326 e. The number of imidazole rings is 1. The Labute approximate surface area is 453 Å². The van der Waals surface area contributed by atoms with Crippen molar-refractivity contribution < 1.29 is 83.1 Å². The van der Waals surface area contributed by atoms with Gasteiger partial charge in [0.25, 0.3) is 0 Å². The molecule has 0 radical (unpaired) electrons. The van der Waals surface area contributed by atoms with Gasteiger partial charge in [-0.25, -0.2) is 9.78 Å². The van der Waals surface area contributed by atoms with Gasteiger partial charge in [0, 0.05) is 37.7 Å². The van der Waals surface area contributed by atoms with E-state index in [1.54, 1.807) is 30.3 Å². The molecule has 29 heteroatoms. The van der Waals surface area contributed by atoms with E-state index in [2.05, 4.69) is 57.8 Å². The molecule has 2 aliphatic heterocycles. The number of hydrogen-bond acceptors (Lipinski definition) is 16. The third kappa shape index (κ3) is 19.4. The van der Waals surface area contributed by atoms with E-state index in [1.165, 1.54) is 33.3 Å². The first-order valence-corrected chi connectivity index (χ1v) is 25.8. The number of hydrogen-bond donors (Lipinski definition) is 15. The Bertz CT molecular complexity index is 2490. The number of carbonyl (C=O) groups is 12. The van der Waals surface area contributed by atoms with Crippen LogP contribution in [0.15, 0.2) is 42.9 Å². The largest absolute Gasteiger partial charge is 0.481 e. The van der Waals surface area contributed by atoms with Crippen molar-refractivity contribution >= 4 is 71.1 Å². The minimum atomic E-state index is -1.88. The number of rotatable bonds is 30. The molecule has 1 aromatic carbocycles. The Morgan fingerprint density at radius 3 is 1.76 bits per heavy atom. The summed E-state index contributed by atoms with van der Waals surface area (Å²) < 4.78 is 0. The Hall–Kier alpha value is -8.05. The lowest BCUT2D eigenvalue weighted by Crippen LogP contribution is -2.62. The molecule has 2 aliphatic rings. The number of H-pyrrole nitrogens is 1. The standard InChI is InChI=1S/C50H72N12O17/c1-24(2)38(59-43(71)31(15-16-36(65)66)55-47(75)39(26(4)63)60-41(69)25(3)54-42(70)30-13-9-17-52-30)46(74)57-33(21-37(67)68)49(77)62-18-10-14-35(62)45(73)61-40(27(5)64)48(76)56-32(20-29-22-51-23-53-29)44(72)58-34(50(78)79)19-28-11-7-6-8-12-28/h6-8,11-12,22-27,30-35,38-40,52,63-64H,9-10,13-21H2,1-5H3,(H,51,53)(H,54,70)(H,55,75)(H,56,76)(H,57,74)(H,58,72)(H,59,71)(H,60,69)(H,61,73)(H,65,66)(H,67,68)(H,78,79)/t25-,26+,27+,30-,31-,32-,33-,34-,35-,38-,39-,40-/m0/s1. The van der Waals surface area contributed by atoms with Crippen molar-refractivity contribution in [2.24, 2.45) is 5.92 Å². The minimum Gasteiger partial charge on any atom is -0.481 e. The lowest BCUT2D eigenvalue weighted by Gasteiger charge is -2.31. The van der Waals surface area contributed by atoms with Gasteiger partial charge in [0.05, 0.1) is 31.0 Å². The van der Waals surface area contributed by atoms with Crippen molar-refractivity contribution in [1.29, 1.82) is 0 Å². The van der Waals surface area contributed by atoms with Gasteiger partial charge in [0.1, 0.15) is 54.4 Å². The van der Waals surface area contributed by atoms with E-state index in [-0.39, 0.29) is 32.2 Å². The number of aliphatic carboxylic acids is 3. The highest BCUT2D eigenvalue weighted by molar-refractivity contribution is 5.99.